The number of benzene rings is 2. The minimum Gasteiger partial charge on any atom is -0.465 e. The lowest BCUT2D eigenvalue weighted by atomic mass is 10.1. The van der Waals surface area contributed by atoms with Crippen LogP contribution < -0.4 is 5.32 Å². The number of esters is 1. The third kappa shape index (κ3) is 3.26. The molecule has 0 aliphatic carbocycles. The van der Waals surface area contributed by atoms with E-state index in [0.717, 1.165) is 16.5 Å². The van der Waals surface area contributed by atoms with Crippen LogP contribution in [0.4, 0.5) is 0 Å². The normalized spacial score (nSPS) is 10.6. The van der Waals surface area contributed by atoms with Gasteiger partial charge in [-0.2, -0.15) is 0 Å². The number of carbonyl (C=O) groups excluding carboxylic acids is 2. The number of hydrogen-bond donors (Lipinski definition) is 2. The average molecular weight is 343 g/mol. The van der Waals surface area contributed by atoms with E-state index >= 15 is 0 Å². The molecular weight excluding hydrogens is 328 g/mol. The van der Waals surface area contributed by atoms with Gasteiger partial charge < -0.3 is 15.0 Å². The smallest absolute Gasteiger partial charge is 0.337 e. The van der Waals surface area contributed by atoms with E-state index < -0.39 is 0 Å². The molecule has 0 spiro atoms. The molecule has 0 saturated heterocycles. The summed E-state index contributed by atoms with van der Waals surface area (Å²) in [5, 5.41) is 4.29. The topological polar surface area (TPSA) is 71.2 Å². The third-order valence-corrected chi connectivity index (χ3v) is 3.99. The monoisotopic (exact) mass is 342 g/mol. The maximum absolute atomic E-state index is 12.3. The summed E-state index contributed by atoms with van der Waals surface area (Å²) in [4.78, 5) is 26.7. The van der Waals surface area contributed by atoms with Gasteiger partial charge in [-0.05, 0) is 29.8 Å². The summed E-state index contributed by atoms with van der Waals surface area (Å²) in [6.45, 7) is 0.351. The minimum absolute atomic E-state index is 0.223. The molecule has 1 heterocycles. The van der Waals surface area contributed by atoms with Crippen LogP contribution in [0.2, 0.25) is 5.02 Å². The third-order valence-electron chi connectivity index (χ3n) is 3.68. The summed E-state index contributed by atoms with van der Waals surface area (Å²) in [6.07, 6.45) is 0. The van der Waals surface area contributed by atoms with E-state index in [1.165, 1.54) is 7.11 Å². The van der Waals surface area contributed by atoms with Crippen molar-refractivity contribution in [1.29, 1.82) is 0 Å². The maximum atomic E-state index is 12.3. The van der Waals surface area contributed by atoms with Crippen LogP contribution in [0.5, 0.6) is 0 Å². The number of halogens is 1. The zero-order chi connectivity index (χ0) is 17.1. The second-order valence-corrected chi connectivity index (χ2v) is 5.67. The average Bonchev–Trinajstić information content (AvgIpc) is 3.05. The van der Waals surface area contributed by atoms with E-state index in [1.807, 2.05) is 12.1 Å². The Bertz CT molecular complexity index is 900. The van der Waals surface area contributed by atoms with E-state index in [2.05, 4.69) is 15.0 Å². The van der Waals surface area contributed by atoms with Gasteiger partial charge in [0.25, 0.3) is 5.91 Å². The maximum Gasteiger partial charge on any atom is 0.337 e. The van der Waals surface area contributed by atoms with Crippen LogP contribution in [-0.2, 0) is 11.3 Å². The van der Waals surface area contributed by atoms with Crippen molar-refractivity contribution in [1.82, 2.24) is 10.3 Å². The predicted octanol–water partition coefficient (Wildman–Crippen LogP) is 3.54. The van der Waals surface area contributed by atoms with Crippen LogP contribution in [0.25, 0.3) is 10.9 Å². The van der Waals surface area contributed by atoms with Crippen LogP contribution in [0.15, 0.2) is 48.5 Å². The fraction of sp³-hybridized carbons (Fsp3) is 0.111. The molecule has 1 aromatic heterocycles. The molecule has 0 unspecified atom stereocenters. The number of fused-ring (bicyclic) bond motifs is 1. The first-order valence-electron chi connectivity index (χ1n) is 7.31. The zero-order valence-corrected chi connectivity index (χ0v) is 13.7. The second kappa shape index (κ2) is 6.76. The largest absolute Gasteiger partial charge is 0.465 e. The number of para-hydroxylation sites is 1. The first-order valence-corrected chi connectivity index (χ1v) is 7.69. The van der Waals surface area contributed by atoms with Crippen molar-refractivity contribution < 1.29 is 14.3 Å². The molecule has 0 atom stereocenters. The standard InChI is InChI=1S/C18H15ClN2O3/c1-24-18(23)12-7-5-11(6-8-12)10-20-17(22)15-9-13-3-2-4-14(19)16(13)21-15/h2-9,21H,10H2,1H3,(H,20,22). The van der Waals surface area contributed by atoms with Crippen molar-refractivity contribution in [2.45, 2.75) is 6.54 Å². The van der Waals surface area contributed by atoms with E-state index in [4.69, 9.17) is 11.6 Å². The molecule has 6 heteroatoms. The number of carbonyl (C=O) groups is 2. The lowest BCUT2D eigenvalue weighted by molar-refractivity contribution is 0.0600. The number of H-pyrrole nitrogens is 1. The number of aromatic nitrogens is 1. The van der Waals surface area contributed by atoms with Gasteiger partial charge in [0.05, 0.1) is 23.2 Å². The molecule has 0 bridgehead atoms. The van der Waals surface area contributed by atoms with E-state index in [9.17, 15) is 9.59 Å². The van der Waals surface area contributed by atoms with E-state index in [0.29, 0.717) is 22.8 Å². The molecule has 0 radical (unpaired) electrons. The summed E-state index contributed by atoms with van der Waals surface area (Å²) in [6, 6.07) is 14.1. The molecule has 1 amide bonds. The SMILES string of the molecule is COC(=O)c1ccc(CNC(=O)c2cc3cccc(Cl)c3[nH]2)cc1. The second-order valence-electron chi connectivity index (χ2n) is 5.26. The Balaban J connectivity index is 1.68. The van der Waals surface area contributed by atoms with Gasteiger partial charge in [-0.3, -0.25) is 4.79 Å². The van der Waals surface area contributed by atoms with Gasteiger partial charge in [-0.1, -0.05) is 35.9 Å². The van der Waals surface area contributed by atoms with Crippen LogP contribution in [0, 0.1) is 0 Å². The number of methoxy groups -OCH3 is 1. The Kier molecular flexibility index (Phi) is 4.53. The minimum atomic E-state index is -0.388. The van der Waals surface area contributed by atoms with Crippen molar-refractivity contribution in [3.63, 3.8) is 0 Å². The molecule has 24 heavy (non-hydrogen) atoms. The Morgan fingerprint density at radius 1 is 1.17 bits per heavy atom. The molecule has 0 aliphatic heterocycles. The molecule has 0 fully saturated rings. The van der Waals surface area contributed by atoms with Crippen molar-refractivity contribution in [2.75, 3.05) is 7.11 Å². The number of hydrogen-bond acceptors (Lipinski definition) is 3. The highest BCUT2D eigenvalue weighted by Gasteiger charge is 2.11. The molecular formula is C18H15ClN2O3. The first kappa shape index (κ1) is 16.1. The fourth-order valence-corrected chi connectivity index (χ4v) is 2.62. The lowest BCUT2D eigenvalue weighted by Crippen LogP contribution is -2.23. The highest BCUT2D eigenvalue weighted by molar-refractivity contribution is 6.35. The van der Waals surface area contributed by atoms with Crippen molar-refractivity contribution in [3.05, 3.63) is 70.4 Å². The molecule has 0 aliphatic rings. The lowest BCUT2D eigenvalue weighted by Gasteiger charge is -2.05. The number of ether oxygens (including phenoxy) is 1. The molecule has 3 rings (SSSR count). The molecule has 2 N–H and O–H groups in total. The van der Waals surface area contributed by atoms with Gasteiger partial charge in [-0.25, -0.2) is 4.79 Å². The van der Waals surface area contributed by atoms with Crippen molar-refractivity contribution in [2.24, 2.45) is 0 Å². The highest BCUT2D eigenvalue weighted by Crippen LogP contribution is 2.23. The van der Waals surface area contributed by atoms with Crippen LogP contribution in [-0.4, -0.2) is 24.0 Å². The van der Waals surface area contributed by atoms with Gasteiger partial charge in [0.2, 0.25) is 0 Å². The Hall–Kier alpha value is -2.79. The first-order chi connectivity index (χ1) is 11.6. The van der Waals surface area contributed by atoms with Crippen molar-refractivity contribution in [3.8, 4) is 0 Å². The van der Waals surface area contributed by atoms with Crippen molar-refractivity contribution >= 4 is 34.4 Å². The zero-order valence-electron chi connectivity index (χ0n) is 12.9. The predicted molar refractivity (Wildman–Crippen MR) is 92.3 cm³/mol. The number of aromatic amines is 1. The van der Waals surface area contributed by atoms with Gasteiger partial charge in [-0.15, -0.1) is 0 Å². The van der Waals surface area contributed by atoms with Crippen LogP contribution in [0.1, 0.15) is 26.4 Å². The molecule has 3 aromatic rings. The van der Waals surface area contributed by atoms with Gasteiger partial charge in [0.1, 0.15) is 5.69 Å². The van der Waals surface area contributed by atoms with Crippen LogP contribution >= 0.6 is 11.6 Å². The summed E-state index contributed by atoms with van der Waals surface area (Å²) in [5.74, 6) is -0.611. The summed E-state index contributed by atoms with van der Waals surface area (Å²) >= 11 is 6.10. The van der Waals surface area contributed by atoms with Crippen LogP contribution in [0.3, 0.4) is 0 Å². The number of rotatable bonds is 4. The Labute approximate surface area is 143 Å². The van der Waals surface area contributed by atoms with E-state index in [1.54, 1.807) is 36.4 Å². The summed E-state index contributed by atoms with van der Waals surface area (Å²) in [7, 11) is 1.34. The number of nitrogens with one attached hydrogen (secondary N) is 2. The molecule has 5 nitrogen and oxygen atoms in total. The summed E-state index contributed by atoms with van der Waals surface area (Å²) < 4.78 is 4.65. The molecule has 122 valence electrons. The highest BCUT2D eigenvalue weighted by atomic mass is 35.5. The summed E-state index contributed by atoms with van der Waals surface area (Å²) in [5.41, 5.74) is 2.54. The molecule has 2 aromatic carbocycles. The Morgan fingerprint density at radius 2 is 1.92 bits per heavy atom. The Morgan fingerprint density at radius 3 is 2.58 bits per heavy atom. The van der Waals surface area contributed by atoms with Gasteiger partial charge in [0.15, 0.2) is 0 Å². The van der Waals surface area contributed by atoms with Gasteiger partial charge >= 0.3 is 5.97 Å². The fourth-order valence-electron chi connectivity index (χ4n) is 2.40. The quantitative estimate of drug-likeness (QED) is 0.712. The molecule has 0 saturated carbocycles. The number of amides is 1. The van der Waals surface area contributed by atoms with Gasteiger partial charge in [0, 0.05) is 11.9 Å². The van der Waals surface area contributed by atoms with E-state index in [-0.39, 0.29) is 11.9 Å².